The molecule has 106 valence electrons. The first-order valence-electron chi connectivity index (χ1n) is 6.97. The van der Waals surface area contributed by atoms with E-state index in [4.69, 9.17) is 5.11 Å². The molecule has 0 atom stereocenters. The molecule has 0 amide bonds. The molecule has 2 aromatic carbocycles. The topological polar surface area (TPSA) is 42.2 Å². The summed E-state index contributed by atoms with van der Waals surface area (Å²) in [6.07, 6.45) is 2.11. The summed E-state index contributed by atoms with van der Waals surface area (Å²) in [5.74, 6) is -0.800. The largest absolute Gasteiger partial charge is 0.481 e. The van der Waals surface area contributed by atoms with Gasteiger partial charge in [0.15, 0.2) is 0 Å². The summed E-state index contributed by atoms with van der Waals surface area (Å²) < 4.78 is 2.16. The number of nitrogens with zero attached hydrogens (tertiary/aromatic N) is 1. The van der Waals surface area contributed by atoms with Gasteiger partial charge in [-0.25, -0.2) is 0 Å². The van der Waals surface area contributed by atoms with E-state index in [1.54, 1.807) is 0 Å². The predicted octanol–water partition coefficient (Wildman–Crippen LogP) is 3.63. The van der Waals surface area contributed by atoms with Crippen molar-refractivity contribution in [1.29, 1.82) is 0 Å². The third-order valence-electron chi connectivity index (χ3n) is 3.67. The lowest BCUT2D eigenvalue weighted by molar-refractivity contribution is -0.136. The molecule has 1 aromatic heterocycles. The van der Waals surface area contributed by atoms with Gasteiger partial charge in [0.05, 0.1) is 6.42 Å². The molecule has 0 aliphatic carbocycles. The number of fused-ring (bicyclic) bond motifs is 1. The lowest BCUT2D eigenvalue weighted by Crippen LogP contribution is -2.01. The second-order valence-corrected chi connectivity index (χ2v) is 5.39. The molecule has 0 aliphatic rings. The van der Waals surface area contributed by atoms with Gasteiger partial charge in [-0.3, -0.25) is 4.79 Å². The highest BCUT2D eigenvalue weighted by molar-refractivity contribution is 5.82. The van der Waals surface area contributed by atoms with Crippen molar-refractivity contribution in [1.82, 2.24) is 4.57 Å². The minimum Gasteiger partial charge on any atom is -0.481 e. The number of aromatic nitrogens is 1. The number of rotatable bonds is 4. The third kappa shape index (κ3) is 2.97. The first kappa shape index (κ1) is 13.4. The van der Waals surface area contributed by atoms with Crippen LogP contribution in [0.3, 0.4) is 0 Å². The summed E-state index contributed by atoms with van der Waals surface area (Å²) in [7, 11) is 0. The Hall–Kier alpha value is -2.55. The molecule has 3 nitrogen and oxygen atoms in total. The molecule has 3 aromatic rings. The monoisotopic (exact) mass is 279 g/mol. The van der Waals surface area contributed by atoms with E-state index < -0.39 is 5.97 Å². The highest BCUT2D eigenvalue weighted by atomic mass is 16.4. The Bertz CT molecular complexity index is 785. The van der Waals surface area contributed by atoms with Gasteiger partial charge >= 0.3 is 5.97 Å². The molecule has 0 saturated heterocycles. The average molecular weight is 279 g/mol. The molecule has 3 heteroatoms. The van der Waals surface area contributed by atoms with E-state index >= 15 is 0 Å². The molecule has 0 radical (unpaired) electrons. The Morgan fingerprint density at radius 1 is 1.05 bits per heavy atom. The summed E-state index contributed by atoms with van der Waals surface area (Å²) >= 11 is 0. The first-order valence-corrected chi connectivity index (χ1v) is 6.97. The fraction of sp³-hybridized carbons (Fsp3) is 0.167. The quantitative estimate of drug-likeness (QED) is 0.792. The zero-order valence-corrected chi connectivity index (χ0v) is 11.9. The van der Waals surface area contributed by atoms with Crippen LogP contribution in [0.4, 0.5) is 0 Å². The number of hydrogen-bond acceptors (Lipinski definition) is 1. The van der Waals surface area contributed by atoms with Gasteiger partial charge in [-0.15, -0.1) is 0 Å². The van der Waals surface area contributed by atoms with Crippen LogP contribution in [0.15, 0.2) is 54.7 Å². The minimum atomic E-state index is -0.800. The number of carboxylic acids is 1. The maximum Gasteiger partial charge on any atom is 0.307 e. The van der Waals surface area contributed by atoms with E-state index in [0.29, 0.717) is 0 Å². The van der Waals surface area contributed by atoms with Crippen molar-refractivity contribution in [2.75, 3.05) is 0 Å². The Balaban J connectivity index is 1.94. The smallest absolute Gasteiger partial charge is 0.307 e. The summed E-state index contributed by atoms with van der Waals surface area (Å²) in [6, 6.07) is 16.4. The predicted molar refractivity (Wildman–Crippen MR) is 83.6 cm³/mol. The summed E-state index contributed by atoms with van der Waals surface area (Å²) in [5.41, 5.74) is 4.40. The molecule has 21 heavy (non-hydrogen) atoms. The van der Waals surface area contributed by atoms with Gasteiger partial charge in [-0.05, 0) is 35.6 Å². The molecule has 0 aliphatic heterocycles. The molecule has 1 heterocycles. The number of aliphatic carboxylic acids is 1. The molecule has 0 unspecified atom stereocenters. The van der Waals surface area contributed by atoms with Crippen LogP contribution in [0, 0.1) is 6.92 Å². The standard InChI is InChI=1S/C18H17NO2/c1-13-2-4-14(5-3-13)12-19-9-8-16-7-6-15(10-17(16)19)11-18(20)21/h2-10H,11-12H2,1H3,(H,20,21). The molecule has 0 spiro atoms. The van der Waals surface area contributed by atoms with Crippen LogP contribution in [-0.2, 0) is 17.8 Å². The average Bonchev–Trinajstić information content (AvgIpc) is 2.83. The van der Waals surface area contributed by atoms with E-state index in [1.165, 1.54) is 11.1 Å². The fourth-order valence-electron chi connectivity index (χ4n) is 2.54. The molecule has 0 bridgehead atoms. The number of carboxylic acid groups (broad SMARTS) is 1. The number of hydrogen-bond donors (Lipinski definition) is 1. The highest BCUT2D eigenvalue weighted by Crippen LogP contribution is 2.19. The van der Waals surface area contributed by atoms with Crippen LogP contribution in [0.2, 0.25) is 0 Å². The third-order valence-corrected chi connectivity index (χ3v) is 3.67. The van der Waals surface area contributed by atoms with E-state index in [-0.39, 0.29) is 6.42 Å². The van der Waals surface area contributed by atoms with Crippen LogP contribution in [0.1, 0.15) is 16.7 Å². The summed E-state index contributed by atoms with van der Waals surface area (Å²) in [5, 5.41) is 10.0. The van der Waals surface area contributed by atoms with E-state index in [9.17, 15) is 4.79 Å². The number of benzene rings is 2. The van der Waals surface area contributed by atoms with Gasteiger partial charge in [0.1, 0.15) is 0 Å². The zero-order chi connectivity index (χ0) is 14.8. The number of carbonyl (C=O) groups is 1. The van der Waals surface area contributed by atoms with Gasteiger partial charge < -0.3 is 9.67 Å². The zero-order valence-electron chi connectivity index (χ0n) is 11.9. The Morgan fingerprint density at radius 3 is 2.48 bits per heavy atom. The van der Waals surface area contributed by atoms with E-state index in [1.807, 2.05) is 18.2 Å². The maximum atomic E-state index is 10.8. The molecular formula is C18H17NO2. The molecular weight excluding hydrogens is 262 g/mol. The molecule has 1 N–H and O–H groups in total. The van der Waals surface area contributed by atoms with Crippen molar-refractivity contribution in [3.63, 3.8) is 0 Å². The van der Waals surface area contributed by atoms with Crippen molar-refractivity contribution in [2.45, 2.75) is 19.9 Å². The Morgan fingerprint density at radius 2 is 1.76 bits per heavy atom. The van der Waals surface area contributed by atoms with Gasteiger partial charge in [0.25, 0.3) is 0 Å². The lowest BCUT2D eigenvalue weighted by atomic mass is 10.1. The van der Waals surface area contributed by atoms with Crippen LogP contribution in [-0.4, -0.2) is 15.6 Å². The maximum absolute atomic E-state index is 10.8. The SMILES string of the molecule is Cc1ccc(Cn2ccc3ccc(CC(=O)O)cc32)cc1. The first-order chi connectivity index (χ1) is 10.1. The van der Waals surface area contributed by atoms with Gasteiger partial charge in [-0.1, -0.05) is 42.0 Å². The van der Waals surface area contributed by atoms with Gasteiger partial charge in [0, 0.05) is 18.3 Å². The fourth-order valence-corrected chi connectivity index (χ4v) is 2.54. The second-order valence-electron chi connectivity index (χ2n) is 5.39. The minimum absolute atomic E-state index is 0.0612. The highest BCUT2D eigenvalue weighted by Gasteiger charge is 2.06. The van der Waals surface area contributed by atoms with Gasteiger partial charge in [-0.2, -0.15) is 0 Å². The normalized spacial score (nSPS) is 10.9. The van der Waals surface area contributed by atoms with Crippen LogP contribution in [0.25, 0.3) is 10.9 Å². The van der Waals surface area contributed by atoms with Crippen molar-refractivity contribution in [3.8, 4) is 0 Å². The molecule has 0 saturated carbocycles. The Kier molecular flexibility index (Phi) is 3.48. The van der Waals surface area contributed by atoms with E-state index in [0.717, 1.165) is 23.0 Å². The summed E-state index contributed by atoms with van der Waals surface area (Å²) in [6.45, 7) is 2.87. The van der Waals surface area contributed by atoms with Crippen LogP contribution < -0.4 is 0 Å². The van der Waals surface area contributed by atoms with Crippen LogP contribution >= 0.6 is 0 Å². The van der Waals surface area contributed by atoms with Crippen molar-refractivity contribution in [3.05, 3.63) is 71.4 Å². The Labute approximate surface area is 123 Å². The second kappa shape index (κ2) is 5.44. The van der Waals surface area contributed by atoms with Crippen molar-refractivity contribution in [2.24, 2.45) is 0 Å². The van der Waals surface area contributed by atoms with Gasteiger partial charge in [0.2, 0.25) is 0 Å². The van der Waals surface area contributed by atoms with Crippen molar-refractivity contribution >= 4 is 16.9 Å². The summed E-state index contributed by atoms with van der Waals surface area (Å²) in [4.78, 5) is 10.8. The van der Waals surface area contributed by atoms with Crippen LogP contribution in [0.5, 0.6) is 0 Å². The van der Waals surface area contributed by atoms with E-state index in [2.05, 4.69) is 48.0 Å². The lowest BCUT2D eigenvalue weighted by Gasteiger charge is -2.07. The van der Waals surface area contributed by atoms with Crippen molar-refractivity contribution < 1.29 is 9.90 Å². The molecule has 3 rings (SSSR count). The molecule has 0 fully saturated rings. The number of aryl methyl sites for hydroxylation is 1.